The molecule has 0 atom stereocenters. The third-order valence-electron chi connectivity index (χ3n) is 4.79. The molecule has 3 rings (SSSR count). The highest BCUT2D eigenvalue weighted by Crippen LogP contribution is 2.22. The van der Waals surface area contributed by atoms with E-state index in [0.717, 1.165) is 36.4 Å². The maximum atomic E-state index is 13.9. The lowest BCUT2D eigenvalue weighted by molar-refractivity contribution is -0.113. The number of hydrogen-bond donors (Lipinski definition) is 1. The Balaban J connectivity index is 1.49. The molecule has 0 saturated heterocycles. The maximum Gasteiger partial charge on any atom is 0.234 e. The van der Waals surface area contributed by atoms with E-state index in [9.17, 15) is 9.18 Å². The van der Waals surface area contributed by atoms with Gasteiger partial charge >= 0.3 is 0 Å². The number of nitrogens with one attached hydrogen (secondary N) is 1. The summed E-state index contributed by atoms with van der Waals surface area (Å²) in [4.78, 5) is 12.2. The first-order valence-corrected chi connectivity index (χ1v) is 11.5. The molecule has 9 heteroatoms. The molecule has 164 valence electrons. The number of carbonyl (C=O) groups excluding carboxylic acids is 1. The van der Waals surface area contributed by atoms with Crippen molar-refractivity contribution in [3.8, 4) is 5.75 Å². The summed E-state index contributed by atoms with van der Waals surface area (Å²) in [5, 5.41) is 11.7. The van der Waals surface area contributed by atoms with Crippen LogP contribution in [0.5, 0.6) is 5.75 Å². The number of halogens is 2. The number of methoxy groups -OCH3 is 1. The molecule has 2 aromatic carbocycles. The highest BCUT2D eigenvalue weighted by atomic mass is 79.9. The zero-order valence-corrected chi connectivity index (χ0v) is 20.0. The fraction of sp³-hybridized carbons (Fsp3) is 0.318. The number of benzene rings is 2. The molecule has 1 amide bonds. The Morgan fingerprint density at radius 2 is 2.03 bits per heavy atom. The summed E-state index contributed by atoms with van der Waals surface area (Å²) in [5.74, 6) is 1.09. The van der Waals surface area contributed by atoms with E-state index in [4.69, 9.17) is 4.74 Å². The highest BCUT2D eigenvalue weighted by molar-refractivity contribution is 9.10. The van der Waals surface area contributed by atoms with Crippen LogP contribution in [0, 0.1) is 12.7 Å². The summed E-state index contributed by atoms with van der Waals surface area (Å²) in [6.45, 7) is 2.04. The molecule has 0 radical (unpaired) electrons. The second kappa shape index (κ2) is 10.8. The van der Waals surface area contributed by atoms with Gasteiger partial charge in [-0.1, -0.05) is 39.8 Å². The fourth-order valence-corrected chi connectivity index (χ4v) is 4.21. The summed E-state index contributed by atoms with van der Waals surface area (Å²) < 4.78 is 21.7. The van der Waals surface area contributed by atoms with E-state index >= 15 is 0 Å². The molecule has 0 aliphatic rings. The molecule has 31 heavy (non-hydrogen) atoms. The minimum Gasteiger partial charge on any atom is -0.496 e. The number of nitrogens with zero attached hydrogens (tertiary/aromatic N) is 3. The van der Waals surface area contributed by atoms with Crippen molar-refractivity contribution < 1.29 is 13.9 Å². The lowest BCUT2D eigenvalue weighted by Gasteiger charge is -2.08. The van der Waals surface area contributed by atoms with Crippen LogP contribution in [0.15, 0.2) is 46.0 Å². The number of thioether (sulfide) groups is 1. The summed E-state index contributed by atoms with van der Waals surface area (Å²) >= 11 is 4.47. The van der Waals surface area contributed by atoms with E-state index in [-0.39, 0.29) is 17.3 Å². The number of anilines is 1. The number of amides is 1. The Morgan fingerprint density at radius 1 is 1.23 bits per heavy atom. The van der Waals surface area contributed by atoms with Gasteiger partial charge in [0.05, 0.1) is 18.6 Å². The average molecular weight is 507 g/mol. The molecule has 0 bridgehead atoms. The van der Waals surface area contributed by atoms with Crippen molar-refractivity contribution in [1.82, 2.24) is 14.8 Å². The van der Waals surface area contributed by atoms with Crippen molar-refractivity contribution in [3.63, 3.8) is 0 Å². The molecule has 0 unspecified atom stereocenters. The van der Waals surface area contributed by atoms with Gasteiger partial charge in [0, 0.05) is 17.9 Å². The van der Waals surface area contributed by atoms with Crippen LogP contribution in [-0.4, -0.2) is 33.5 Å². The van der Waals surface area contributed by atoms with Crippen molar-refractivity contribution in [1.29, 1.82) is 0 Å². The standard InChI is InChI=1S/C22H24BrFN4O2S/c1-14-11-15(7-10-19(14)30-3)5-4-6-20-26-27-22(28(20)2)31-13-21(29)25-18-9-8-16(23)12-17(18)24/h7-12H,4-6,13H2,1-3H3,(H,25,29). The van der Waals surface area contributed by atoms with Crippen molar-refractivity contribution in [2.24, 2.45) is 7.05 Å². The van der Waals surface area contributed by atoms with E-state index in [2.05, 4.69) is 43.6 Å². The first-order valence-electron chi connectivity index (χ1n) is 9.77. The van der Waals surface area contributed by atoms with Crippen molar-refractivity contribution in [2.75, 3.05) is 18.2 Å². The van der Waals surface area contributed by atoms with Crippen LogP contribution in [0.2, 0.25) is 0 Å². The normalized spacial score (nSPS) is 10.9. The summed E-state index contributed by atoms with van der Waals surface area (Å²) in [5.41, 5.74) is 2.53. The quantitative estimate of drug-likeness (QED) is 0.416. The minimum atomic E-state index is -0.485. The number of rotatable bonds is 9. The van der Waals surface area contributed by atoms with Crippen LogP contribution >= 0.6 is 27.7 Å². The second-order valence-electron chi connectivity index (χ2n) is 7.08. The molecular formula is C22H24BrFN4O2S. The number of ether oxygens (including phenoxy) is 1. The predicted octanol–water partition coefficient (Wildman–Crippen LogP) is 4.94. The average Bonchev–Trinajstić information content (AvgIpc) is 3.08. The smallest absolute Gasteiger partial charge is 0.234 e. The van der Waals surface area contributed by atoms with Crippen molar-refractivity contribution >= 4 is 39.3 Å². The molecule has 0 aliphatic heterocycles. The predicted molar refractivity (Wildman–Crippen MR) is 124 cm³/mol. The third-order valence-corrected chi connectivity index (χ3v) is 6.30. The Labute approximate surface area is 193 Å². The van der Waals surface area contributed by atoms with Gasteiger partial charge in [-0.15, -0.1) is 10.2 Å². The van der Waals surface area contributed by atoms with Crippen molar-refractivity contribution in [3.05, 3.63) is 63.6 Å². The van der Waals surface area contributed by atoms with Crippen LogP contribution in [0.25, 0.3) is 0 Å². The second-order valence-corrected chi connectivity index (χ2v) is 8.93. The SMILES string of the molecule is COc1ccc(CCCc2nnc(SCC(=O)Nc3ccc(Br)cc3F)n2C)cc1C. The lowest BCUT2D eigenvalue weighted by Crippen LogP contribution is -2.15. The Hall–Kier alpha value is -2.39. The summed E-state index contributed by atoms with van der Waals surface area (Å²) in [7, 11) is 3.57. The Kier molecular flexibility index (Phi) is 8.09. The van der Waals surface area contributed by atoms with Crippen LogP contribution in [0.4, 0.5) is 10.1 Å². The van der Waals surface area contributed by atoms with Crippen LogP contribution < -0.4 is 10.1 Å². The largest absolute Gasteiger partial charge is 0.496 e. The van der Waals surface area contributed by atoms with Gasteiger partial charge in [-0.25, -0.2) is 4.39 Å². The van der Waals surface area contributed by atoms with Gasteiger partial charge in [0.25, 0.3) is 0 Å². The molecular weight excluding hydrogens is 483 g/mol. The zero-order valence-electron chi connectivity index (χ0n) is 17.6. The minimum absolute atomic E-state index is 0.118. The summed E-state index contributed by atoms with van der Waals surface area (Å²) in [6.07, 6.45) is 2.65. The number of carbonyl (C=O) groups is 1. The molecule has 3 aromatic rings. The van der Waals surface area contributed by atoms with Gasteiger partial charge in [0.2, 0.25) is 5.91 Å². The first kappa shape index (κ1) is 23.3. The molecule has 0 spiro atoms. The Bertz CT molecular complexity index is 1070. The molecule has 6 nitrogen and oxygen atoms in total. The van der Waals surface area contributed by atoms with E-state index < -0.39 is 5.82 Å². The lowest BCUT2D eigenvalue weighted by atomic mass is 10.0. The maximum absolute atomic E-state index is 13.9. The van der Waals surface area contributed by atoms with Gasteiger partial charge in [-0.2, -0.15) is 0 Å². The van der Waals surface area contributed by atoms with Gasteiger partial charge in [0.15, 0.2) is 5.16 Å². The molecule has 0 aliphatic carbocycles. The van der Waals surface area contributed by atoms with Crippen molar-refractivity contribution in [2.45, 2.75) is 31.3 Å². The molecule has 1 aromatic heterocycles. The first-order chi connectivity index (χ1) is 14.9. The molecule has 0 saturated carbocycles. The third kappa shape index (κ3) is 6.30. The molecule has 1 heterocycles. The van der Waals surface area contributed by atoms with Crippen LogP contribution in [0.3, 0.4) is 0 Å². The molecule has 1 N–H and O–H groups in total. The fourth-order valence-electron chi connectivity index (χ4n) is 3.14. The monoisotopic (exact) mass is 506 g/mol. The van der Waals surface area contributed by atoms with Gasteiger partial charge in [-0.3, -0.25) is 4.79 Å². The van der Waals surface area contributed by atoms with Gasteiger partial charge < -0.3 is 14.6 Å². The summed E-state index contributed by atoms with van der Waals surface area (Å²) in [6, 6.07) is 10.7. The van der Waals surface area contributed by atoms with E-state index in [1.54, 1.807) is 13.2 Å². The van der Waals surface area contributed by atoms with E-state index in [0.29, 0.717) is 9.63 Å². The molecule has 0 fully saturated rings. The van der Waals surface area contributed by atoms with Crippen LogP contribution in [-0.2, 0) is 24.7 Å². The highest BCUT2D eigenvalue weighted by Gasteiger charge is 2.13. The topological polar surface area (TPSA) is 69.0 Å². The van der Waals surface area contributed by atoms with Gasteiger partial charge in [0.1, 0.15) is 17.4 Å². The number of hydrogen-bond acceptors (Lipinski definition) is 5. The Morgan fingerprint density at radius 3 is 2.74 bits per heavy atom. The number of aromatic nitrogens is 3. The number of aryl methyl sites for hydroxylation is 3. The van der Waals surface area contributed by atoms with E-state index in [1.807, 2.05) is 24.6 Å². The van der Waals surface area contributed by atoms with Crippen LogP contribution in [0.1, 0.15) is 23.4 Å². The van der Waals surface area contributed by atoms with Gasteiger partial charge in [-0.05, 0) is 55.2 Å². The van der Waals surface area contributed by atoms with E-state index in [1.165, 1.54) is 29.5 Å². The zero-order chi connectivity index (χ0) is 22.4.